The number of alkyl halides is 3. The monoisotopic (exact) mass is 470 g/mol. The van der Waals surface area contributed by atoms with Gasteiger partial charge < -0.3 is 10.2 Å². The number of rotatable bonds is 3. The molecule has 33 heavy (non-hydrogen) atoms. The molecule has 1 aliphatic heterocycles. The highest BCUT2D eigenvalue weighted by atomic mass is 19.4. The van der Waals surface area contributed by atoms with Crippen molar-refractivity contribution in [3.05, 3.63) is 11.6 Å². The van der Waals surface area contributed by atoms with E-state index >= 15 is 0 Å². The number of carbonyl (C=O) groups is 2. The van der Waals surface area contributed by atoms with E-state index in [2.05, 4.69) is 26.1 Å². The van der Waals surface area contributed by atoms with Crippen molar-refractivity contribution in [2.24, 2.45) is 34.5 Å². The lowest BCUT2D eigenvalue weighted by Crippen LogP contribution is -2.61. The number of likely N-dealkylation sites (N-methyl/N-ethyl adjacent to an activating group) is 1. The van der Waals surface area contributed by atoms with Crippen molar-refractivity contribution in [2.75, 3.05) is 13.6 Å². The molecular formula is C26H41F3N2O2. The lowest BCUT2D eigenvalue weighted by molar-refractivity contribution is -0.142. The van der Waals surface area contributed by atoms with Crippen LogP contribution in [0.5, 0.6) is 0 Å². The van der Waals surface area contributed by atoms with Crippen LogP contribution < -0.4 is 5.32 Å². The third-order valence-corrected chi connectivity index (χ3v) is 9.79. The van der Waals surface area contributed by atoms with Gasteiger partial charge in [-0.1, -0.05) is 33.3 Å². The van der Waals surface area contributed by atoms with E-state index < -0.39 is 18.6 Å². The number of fused-ring (bicyclic) bond motifs is 5. The fourth-order valence-corrected chi connectivity index (χ4v) is 8.02. The molecule has 1 heterocycles. The average Bonchev–Trinajstić information content (AvgIpc) is 3.08. The Morgan fingerprint density at radius 3 is 2.42 bits per heavy atom. The van der Waals surface area contributed by atoms with Gasteiger partial charge in [-0.3, -0.25) is 9.59 Å². The second-order valence-corrected chi connectivity index (χ2v) is 10.9. The molecule has 7 atom stereocenters. The summed E-state index contributed by atoms with van der Waals surface area (Å²) in [7, 11) is 1.92. The second kappa shape index (κ2) is 9.26. The molecule has 3 fully saturated rings. The van der Waals surface area contributed by atoms with Gasteiger partial charge in [0.05, 0.1) is 0 Å². The van der Waals surface area contributed by atoms with Gasteiger partial charge in [0.25, 0.3) is 0 Å². The maximum Gasteiger partial charge on any atom is 0.405 e. The van der Waals surface area contributed by atoms with Crippen LogP contribution in [0.2, 0.25) is 0 Å². The van der Waals surface area contributed by atoms with Crippen LogP contribution in [0, 0.1) is 34.5 Å². The van der Waals surface area contributed by atoms with E-state index in [1.165, 1.54) is 5.57 Å². The summed E-state index contributed by atoms with van der Waals surface area (Å²) >= 11 is 0. The Balaban J connectivity index is 0.00000149. The van der Waals surface area contributed by atoms with Crippen molar-refractivity contribution in [3.8, 4) is 0 Å². The van der Waals surface area contributed by atoms with Gasteiger partial charge in [0, 0.05) is 31.0 Å². The van der Waals surface area contributed by atoms with Gasteiger partial charge in [0.15, 0.2) is 0 Å². The van der Waals surface area contributed by atoms with Crippen LogP contribution in [-0.2, 0) is 9.59 Å². The first-order valence-corrected chi connectivity index (χ1v) is 12.7. The number of nitrogens with one attached hydrogen (secondary N) is 1. The Hall–Kier alpha value is -1.53. The third kappa shape index (κ3) is 4.45. The summed E-state index contributed by atoms with van der Waals surface area (Å²) in [5, 5.41) is 2.07. The van der Waals surface area contributed by atoms with E-state index in [1.807, 2.05) is 31.9 Å². The Morgan fingerprint density at radius 1 is 1.12 bits per heavy atom. The normalized spacial score (nSPS) is 40.0. The van der Waals surface area contributed by atoms with Crippen LogP contribution >= 0.6 is 0 Å². The van der Waals surface area contributed by atoms with Crippen molar-refractivity contribution in [1.82, 2.24) is 10.2 Å². The van der Waals surface area contributed by atoms with Crippen molar-refractivity contribution in [1.29, 1.82) is 0 Å². The van der Waals surface area contributed by atoms with Crippen LogP contribution in [0.25, 0.3) is 0 Å². The molecule has 4 aliphatic rings. The quantitative estimate of drug-likeness (QED) is 0.573. The summed E-state index contributed by atoms with van der Waals surface area (Å²) in [6, 6.07) is 0.237. The van der Waals surface area contributed by atoms with E-state index in [1.54, 1.807) is 0 Å². The molecule has 7 unspecified atom stereocenters. The van der Waals surface area contributed by atoms with Crippen LogP contribution in [0.1, 0.15) is 79.6 Å². The molecule has 4 nitrogen and oxygen atoms in total. The fourth-order valence-electron chi connectivity index (χ4n) is 8.02. The van der Waals surface area contributed by atoms with Gasteiger partial charge in [-0.05, 0) is 74.5 Å². The predicted octanol–water partition coefficient (Wildman–Crippen LogP) is 5.73. The average molecular weight is 471 g/mol. The summed E-state index contributed by atoms with van der Waals surface area (Å²) in [6.07, 6.45) is 3.74. The molecular weight excluding hydrogens is 429 g/mol. The largest absolute Gasteiger partial charge is 0.405 e. The summed E-state index contributed by atoms with van der Waals surface area (Å²) < 4.78 is 37.4. The lowest BCUT2D eigenvalue weighted by atomic mass is 9.46. The molecule has 2 amide bonds. The smallest absolute Gasteiger partial charge is 0.347 e. The van der Waals surface area contributed by atoms with Crippen molar-refractivity contribution in [3.63, 3.8) is 0 Å². The summed E-state index contributed by atoms with van der Waals surface area (Å²) in [5.41, 5.74) is 1.18. The molecule has 1 N–H and O–H groups in total. The van der Waals surface area contributed by atoms with Crippen molar-refractivity contribution in [2.45, 2.75) is 91.8 Å². The zero-order chi connectivity index (χ0) is 24.8. The molecule has 0 spiro atoms. The van der Waals surface area contributed by atoms with E-state index in [9.17, 15) is 22.8 Å². The standard InChI is InChI=1S/C24H35F3N2O2.C2H6/c1-14-11-21(31)29(4)19-8-6-16-17-7-5-15(12-20(30)28-13-24(25,26)27)22(17,2)10-9-18(16)23(14,19)3;1-2/h11,15-19H,5-10,12-13H2,1-4H3,(H,28,30);1-2H3. The second-order valence-electron chi connectivity index (χ2n) is 10.9. The highest BCUT2D eigenvalue weighted by Crippen LogP contribution is 2.66. The zero-order valence-corrected chi connectivity index (χ0v) is 21.0. The zero-order valence-electron chi connectivity index (χ0n) is 21.0. The van der Waals surface area contributed by atoms with Crippen molar-refractivity contribution >= 4 is 11.8 Å². The maximum absolute atomic E-state index is 12.5. The van der Waals surface area contributed by atoms with E-state index in [-0.39, 0.29) is 35.1 Å². The van der Waals surface area contributed by atoms with E-state index in [0.717, 1.165) is 38.5 Å². The van der Waals surface area contributed by atoms with Gasteiger partial charge >= 0.3 is 6.18 Å². The summed E-state index contributed by atoms with van der Waals surface area (Å²) in [5.74, 6) is 1.32. The number of nitrogens with zero attached hydrogens (tertiary/aromatic N) is 1. The minimum absolute atomic E-state index is 0.00788. The molecule has 0 radical (unpaired) electrons. The van der Waals surface area contributed by atoms with Crippen molar-refractivity contribution < 1.29 is 22.8 Å². The van der Waals surface area contributed by atoms with Crippen LogP contribution in [0.3, 0.4) is 0 Å². The number of halogens is 3. The third-order valence-electron chi connectivity index (χ3n) is 9.79. The molecule has 4 rings (SSSR count). The molecule has 7 heteroatoms. The Bertz CT molecular complexity index is 795. The maximum atomic E-state index is 12.5. The predicted molar refractivity (Wildman–Crippen MR) is 123 cm³/mol. The molecule has 0 aromatic rings. The molecule has 188 valence electrons. The fraction of sp³-hybridized carbons (Fsp3) is 0.846. The molecule has 3 saturated carbocycles. The van der Waals surface area contributed by atoms with E-state index in [0.29, 0.717) is 17.8 Å². The van der Waals surface area contributed by atoms with Gasteiger partial charge in [-0.2, -0.15) is 13.2 Å². The van der Waals surface area contributed by atoms with Gasteiger partial charge in [0.1, 0.15) is 6.54 Å². The number of hydrogen-bond donors (Lipinski definition) is 1. The van der Waals surface area contributed by atoms with Crippen LogP contribution in [0.4, 0.5) is 13.2 Å². The Kier molecular flexibility index (Phi) is 7.32. The molecule has 0 saturated heterocycles. The SMILES string of the molecule is CC.CC1=CC(=O)N(C)C2CCC3C4CCC(CC(=O)NCC(F)(F)F)C4(C)CCC3C12C. The van der Waals surface area contributed by atoms with Crippen LogP contribution in [-0.4, -0.2) is 42.5 Å². The molecule has 3 aliphatic carbocycles. The number of carbonyl (C=O) groups excluding carboxylic acids is 2. The molecule has 0 aromatic heterocycles. The molecule has 0 bridgehead atoms. The first-order valence-electron chi connectivity index (χ1n) is 12.7. The van der Waals surface area contributed by atoms with Gasteiger partial charge in [-0.25, -0.2) is 0 Å². The first kappa shape index (κ1) is 26.1. The number of hydrogen-bond acceptors (Lipinski definition) is 2. The van der Waals surface area contributed by atoms with Gasteiger partial charge in [0.2, 0.25) is 11.8 Å². The topological polar surface area (TPSA) is 49.4 Å². The minimum atomic E-state index is -4.37. The Labute approximate surface area is 196 Å². The number of amides is 2. The first-order chi connectivity index (χ1) is 15.4. The van der Waals surface area contributed by atoms with Gasteiger partial charge in [-0.15, -0.1) is 0 Å². The molecule has 0 aromatic carbocycles. The van der Waals surface area contributed by atoms with Crippen LogP contribution in [0.15, 0.2) is 11.6 Å². The minimum Gasteiger partial charge on any atom is -0.347 e. The lowest BCUT2D eigenvalue weighted by Gasteiger charge is -2.61. The Morgan fingerprint density at radius 2 is 1.79 bits per heavy atom. The highest BCUT2D eigenvalue weighted by Gasteiger charge is 2.61. The summed E-state index contributed by atoms with van der Waals surface area (Å²) in [4.78, 5) is 26.6. The van der Waals surface area contributed by atoms with E-state index in [4.69, 9.17) is 0 Å². The summed E-state index contributed by atoms with van der Waals surface area (Å²) in [6.45, 7) is 9.47. The highest BCUT2D eigenvalue weighted by molar-refractivity contribution is 5.90.